The lowest BCUT2D eigenvalue weighted by Crippen LogP contribution is -2.19. The summed E-state index contributed by atoms with van der Waals surface area (Å²) in [7, 11) is 0. The third-order valence-corrected chi connectivity index (χ3v) is 3.11. The van der Waals surface area contributed by atoms with E-state index >= 15 is 0 Å². The minimum Gasteiger partial charge on any atom is -0.337 e. The van der Waals surface area contributed by atoms with Crippen LogP contribution in [0.2, 0.25) is 0 Å². The minimum atomic E-state index is -1.02. The highest BCUT2D eigenvalue weighted by atomic mass is 19.2. The van der Waals surface area contributed by atoms with E-state index in [0.717, 1.165) is 0 Å². The fourth-order valence-electron chi connectivity index (χ4n) is 2.09. The Morgan fingerprint density at radius 2 is 1.65 bits per heavy atom. The minimum absolute atomic E-state index is 0.00713. The fourth-order valence-corrected chi connectivity index (χ4v) is 2.09. The molecule has 0 aliphatic carbocycles. The van der Waals surface area contributed by atoms with E-state index in [-0.39, 0.29) is 23.5 Å². The largest absolute Gasteiger partial charge is 0.337 e. The van der Waals surface area contributed by atoms with Crippen LogP contribution in [0, 0.1) is 17.5 Å². The van der Waals surface area contributed by atoms with Crippen molar-refractivity contribution in [3.63, 3.8) is 0 Å². The number of hydrogen-bond donors (Lipinski definition) is 1. The number of para-hydroxylation sites is 1. The van der Waals surface area contributed by atoms with Crippen molar-refractivity contribution in [3.8, 4) is 0 Å². The van der Waals surface area contributed by atoms with Gasteiger partial charge in [-0.3, -0.25) is 0 Å². The molecule has 0 fully saturated rings. The zero-order valence-electron chi connectivity index (χ0n) is 11.0. The molecule has 0 bridgehead atoms. The van der Waals surface area contributed by atoms with Crippen molar-refractivity contribution in [2.45, 2.75) is 13.5 Å². The molecule has 0 atom stereocenters. The second-order valence-corrected chi connectivity index (χ2v) is 4.27. The van der Waals surface area contributed by atoms with Gasteiger partial charge in [-0.05, 0) is 25.1 Å². The Bertz CT molecular complexity index is 614. The molecule has 0 aromatic heterocycles. The topological polar surface area (TPSA) is 29.3 Å². The van der Waals surface area contributed by atoms with Crippen molar-refractivity contribution in [1.29, 1.82) is 0 Å². The molecular weight excluding hydrogens is 265 g/mol. The van der Waals surface area contributed by atoms with E-state index < -0.39 is 17.5 Å². The molecule has 0 spiro atoms. The molecule has 2 aromatic rings. The van der Waals surface area contributed by atoms with Crippen molar-refractivity contribution < 1.29 is 13.2 Å². The summed E-state index contributed by atoms with van der Waals surface area (Å²) in [4.78, 5) is 1.38. The van der Waals surface area contributed by atoms with E-state index in [0.29, 0.717) is 6.54 Å². The average Bonchev–Trinajstić information content (AvgIpc) is 2.46. The number of halogens is 3. The van der Waals surface area contributed by atoms with Gasteiger partial charge in [0.05, 0.1) is 11.4 Å². The maximum absolute atomic E-state index is 14.1. The molecule has 5 heteroatoms. The summed E-state index contributed by atoms with van der Waals surface area (Å²) in [6, 6.07) is 8.81. The third-order valence-electron chi connectivity index (χ3n) is 3.11. The third kappa shape index (κ3) is 2.49. The van der Waals surface area contributed by atoms with Crippen molar-refractivity contribution in [1.82, 2.24) is 0 Å². The normalized spacial score (nSPS) is 10.7. The van der Waals surface area contributed by atoms with Gasteiger partial charge >= 0.3 is 0 Å². The number of hydrogen-bond acceptors (Lipinski definition) is 2. The number of nitrogens with two attached hydrogens (primary N) is 1. The van der Waals surface area contributed by atoms with Crippen LogP contribution in [0.25, 0.3) is 0 Å². The second kappa shape index (κ2) is 5.96. The number of anilines is 2. The smallest absolute Gasteiger partial charge is 0.182 e. The highest BCUT2D eigenvalue weighted by molar-refractivity contribution is 5.64. The molecule has 0 saturated carbocycles. The molecule has 0 unspecified atom stereocenters. The predicted molar refractivity (Wildman–Crippen MR) is 73.3 cm³/mol. The van der Waals surface area contributed by atoms with Crippen LogP contribution < -0.4 is 10.6 Å². The molecule has 106 valence electrons. The highest BCUT2D eigenvalue weighted by Gasteiger charge is 2.19. The SMILES string of the molecule is CCN(c1ccccc1F)c1ccc(CN)c(F)c1F. The van der Waals surface area contributed by atoms with E-state index in [9.17, 15) is 13.2 Å². The van der Waals surface area contributed by atoms with E-state index in [1.165, 1.54) is 29.2 Å². The molecular formula is C15H15F3N2. The molecule has 2 rings (SSSR count). The van der Waals surface area contributed by atoms with Crippen molar-refractivity contribution >= 4 is 11.4 Å². The summed E-state index contributed by atoms with van der Waals surface area (Å²) in [5.74, 6) is -2.49. The molecule has 0 amide bonds. The van der Waals surface area contributed by atoms with Crippen LogP contribution in [0.5, 0.6) is 0 Å². The molecule has 0 aliphatic rings. The van der Waals surface area contributed by atoms with E-state index in [2.05, 4.69) is 0 Å². The first-order chi connectivity index (χ1) is 9.60. The van der Waals surface area contributed by atoms with Crippen LogP contribution >= 0.6 is 0 Å². The lowest BCUT2D eigenvalue weighted by atomic mass is 10.1. The predicted octanol–water partition coefficient (Wildman–Crippen LogP) is 3.72. The Labute approximate surface area is 115 Å². The molecule has 0 aliphatic heterocycles. The Kier molecular flexibility index (Phi) is 4.29. The van der Waals surface area contributed by atoms with Gasteiger partial charge in [0.25, 0.3) is 0 Å². The van der Waals surface area contributed by atoms with Gasteiger partial charge in [0.15, 0.2) is 11.6 Å². The molecule has 20 heavy (non-hydrogen) atoms. The van der Waals surface area contributed by atoms with Crippen molar-refractivity contribution in [2.24, 2.45) is 5.73 Å². The van der Waals surface area contributed by atoms with E-state index in [4.69, 9.17) is 5.73 Å². The Hall–Kier alpha value is -2.01. The summed E-state index contributed by atoms with van der Waals surface area (Å²) in [6.07, 6.45) is 0. The molecule has 2 aromatic carbocycles. The lowest BCUT2D eigenvalue weighted by molar-refractivity contribution is 0.499. The summed E-state index contributed by atoms with van der Waals surface area (Å²) < 4.78 is 41.7. The van der Waals surface area contributed by atoms with E-state index in [1.54, 1.807) is 19.1 Å². The first-order valence-electron chi connectivity index (χ1n) is 6.29. The maximum Gasteiger partial charge on any atom is 0.182 e. The molecule has 0 heterocycles. The van der Waals surface area contributed by atoms with Crippen LogP contribution in [-0.4, -0.2) is 6.54 Å². The molecule has 2 nitrogen and oxygen atoms in total. The molecule has 2 N–H and O–H groups in total. The van der Waals surface area contributed by atoms with Crippen molar-refractivity contribution in [2.75, 3.05) is 11.4 Å². The van der Waals surface area contributed by atoms with Crippen LogP contribution in [0.1, 0.15) is 12.5 Å². The molecule has 0 radical (unpaired) electrons. The average molecular weight is 280 g/mol. The van der Waals surface area contributed by atoms with Crippen LogP contribution in [0.4, 0.5) is 24.5 Å². The maximum atomic E-state index is 14.1. The Morgan fingerprint density at radius 1 is 0.950 bits per heavy atom. The quantitative estimate of drug-likeness (QED) is 0.924. The second-order valence-electron chi connectivity index (χ2n) is 4.27. The Balaban J connectivity index is 2.54. The summed E-state index contributed by atoms with van der Waals surface area (Å²) >= 11 is 0. The van der Waals surface area contributed by atoms with Gasteiger partial charge in [-0.1, -0.05) is 18.2 Å². The standard InChI is InChI=1S/C15H15F3N2/c1-2-20(12-6-4-3-5-11(12)16)13-8-7-10(9-19)14(17)15(13)18/h3-8H,2,9,19H2,1H3. The van der Waals surface area contributed by atoms with Gasteiger partial charge in [-0.2, -0.15) is 0 Å². The van der Waals surface area contributed by atoms with Crippen LogP contribution in [0.3, 0.4) is 0 Å². The van der Waals surface area contributed by atoms with Gasteiger partial charge in [-0.25, -0.2) is 13.2 Å². The van der Waals surface area contributed by atoms with Gasteiger partial charge < -0.3 is 10.6 Å². The monoisotopic (exact) mass is 280 g/mol. The lowest BCUT2D eigenvalue weighted by Gasteiger charge is -2.24. The highest BCUT2D eigenvalue weighted by Crippen LogP contribution is 2.31. The number of nitrogens with zero attached hydrogens (tertiary/aromatic N) is 1. The van der Waals surface area contributed by atoms with Crippen LogP contribution in [0.15, 0.2) is 36.4 Å². The zero-order chi connectivity index (χ0) is 14.7. The summed E-state index contributed by atoms with van der Waals surface area (Å²) in [6.45, 7) is 1.95. The van der Waals surface area contributed by atoms with Gasteiger partial charge in [0.2, 0.25) is 0 Å². The first-order valence-corrected chi connectivity index (χ1v) is 6.29. The summed E-state index contributed by atoms with van der Waals surface area (Å²) in [5, 5.41) is 0. The van der Waals surface area contributed by atoms with Gasteiger partial charge in [0.1, 0.15) is 5.82 Å². The van der Waals surface area contributed by atoms with Gasteiger partial charge in [0, 0.05) is 18.7 Å². The fraction of sp³-hybridized carbons (Fsp3) is 0.200. The van der Waals surface area contributed by atoms with Crippen LogP contribution in [-0.2, 0) is 6.54 Å². The van der Waals surface area contributed by atoms with Crippen molar-refractivity contribution in [3.05, 3.63) is 59.4 Å². The Morgan fingerprint density at radius 3 is 2.25 bits per heavy atom. The number of benzene rings is 2. The number of rotatable bonds is 4. The zero-order valence-corrected chi connectivity index (χ0v) is 11.0. The van der Waals surface area contributed by atoms with Gasteiger partial charge in [-0.15, -0.1) is 0 Å². The first kappa shape index (κ1) is 14.4. The summed E-state index contributed by atoms with van der Waals surface area (Å²) in [5.41, 5.74) is 5.62. The molecule has 0 saturated heterocycles. The van der Waals surface area contributed by atoms with E-state index in [1.807, 2.05) is 0 Å².